The van der Waals surface area contributed by atoms with Crippen molar-refractivity contribution in [1.29, 1.82) is 0 Å². The molecule has 2 amide bonds. The molecule has 0 saturated carbocycles. The van der Waals surface area contributed by atoms with Crippen LogP contribution in [0.4, 0.5) is 0 Å². The topological polar surface area (TPSA) is 71.3 Å². The normalized spacial score (nSPS) is 14.5. The number of carbonyl (C=O) groups is 2. The van der Waals surface area contributed by atoms with Crippen LogP contribution < -0.4 is 0 Å². The minimum absolute atomic E-state index is 0.0659. The largest absolute Gasteiger partial charge is 0.339 e. The van der Waals surface area contributed by atoms with E-state index in [0.29, 0.717) is 31.9 Å². The zero-order valence-electron chi connectivity index (χ0n) is 16.0. The molecule has 7 nitrogen and oxygen atoms in total. The molecule has 0 atom stereocenters. The number of hydrogen-bond acceptors (Lipinski definition) is 5. The highest BCUT2D eigenvalue weighted by molar-refractivity contribution is 7.99. The highest BCUT2D eigenvalue weighted by Gasteiger charge is 2.23. The molecule has 144 valence electrons. The number of benzene rings is 1. The summed E-state index contributed by atoms with van der Waals surface area (Å²) in [6.07, 6.45) is 0. The lowest BCUT2D eigenvalue weighted by molar-refractivity contribution is -0.136. The molecule has 0 unspecified atom stereocenters. The summed E-state index contributed by atoms with van der Waals surface area (Å²) in [6, 6.07) is 8.17. The SMILES string of the molecule is CCn1c(SCC(=O)N2CCN(C(C)=O)CC2)nnc1-c1cccc(C)c1. The van der Waals surface area contributed by atoms with E-state index in [4.69, 9.17) is 0 Å². The van der Waals surface area contributed by atoms with E-state index in [1.54, 1.807) is 11.8 Å². The molecule has 0 N–H and O–H groups in total. The van der Waals surface area contributed by atoms with Gasteiger partial charge < -0.3 is 14.4 Å². The van der Waals surface area contributed by atoms with Crippen molar-refractivity contribution < 1.29 is 9.59 Å². The van der Waals surface area contributed by atoms with Gasteiger partial charge in [-0.15, -0.1) is 10.2 Å². The molecule has 0 spiro atoms. The second-order valence-corrected chi connectivity index (χ2v) is 7.54. The molecule has 3 rings (SSSR count). The molecule has 0 aliphatic carbocycles. The minimum Gasteiger partial charge on any atom is -0.339 e. The van der Waals surface area contributed by atoms with Crippen molar-refractivity contribution in [2.75, 3.05) is 31.9 Å². The third kappa shape index (κ3) is 4.50. The van der Waals surface area contributed by atoms with E-state index in [2.05, 4.69) is 36.2 Å². The van der Waals surface area contributed by atoms with E-state index in [1.165, 1.54) is 17.3 Å². The smallest absolute Gasteiger partial charge is 0.233 e. The van der Waals surface area contributed by atoms with Gasteiger partial charge in [-0.2, -0.15) is 0 Å². The fourth-order valence-corrected chi connectivity index (χ4v) is 4.07. The Hall–Kier alpha value is -2.35. The molecule has 1 aliphatic heterocycles. The predicted octanol–water partition coefficient (Wildman–Crippen LogP) is 2.06. The van der Waals surface area contributed by atoms with Crippen molar-refractivity contribution in [3.8, 4) is 11.4 Å². The predicted molar refractivity (Wildman–Crippen MR) is 105 cm³/mol. The van der Waals surface area contributed by atoms with Gasteiger partial charge in [-0.1, -0.05) is 35.5 Å². The van der Waals surface area contributed by atoms with Crippen LogP contribution in [0.15, 0.2) is 29.4 Å². The third-order valence-electron chi connectivity index (χ3n) is 4.71. The maximum absolute atomic E-state index is 12.5. The number of amides is 2. The average molecular weight is 388 g/mol. The molecule has 1 aromatic heterocycles. The Balaban J connectivity index is 1.63. The van der Waals surface area contributed by atoms with Crippen LogP contribution in [-0.2, 0) is 16.1 Å². The van der Waals surface area contributed by atoms with E-state index in [0.717, 1.165) is 23.1 Å². The van der Waals surface area contributed by atoms with Crippen LogP contribution in [-0.4, -0.2) is 68.3 Å². The van der Waals surface area contributed by atoms with Crippen LogP contribution in [0, 0.1) is 6.92 Å². The molecule has 1 aliphatic rings. The van der Waals surface area contributed by atoms with Gasteiger partial charge in [0.1, 0.15) is 0 Å². The summed E-state index contributed by atoms with van der Waals surface area (Å²) >= 11 is 1.42. The van der Waals surface area contributed by atoms with Crippen molar-refractivity contribution in [3.63, 3.8) is 0 Å². The number of hydrogen-bond donors (Lipinski definition) is 0. The lowest BCUT2D eigenvalue weighted by atomic mass is 10.1. The summed E-state index contributed by atoms with van der Waals surface area (Å²) in [5.74, 6) is 1.29. The van der Waals surface area contributed by atoms with Crippen molar-refractivity contribution in [3.05, 3.63) is 29.8 Å². The maximum Gasteiger partial charge on any atom is 0.233 e. The van der Waals surface area contributed by atoms with E-state index < -0.39 is 0 Å². The van der Waals surface area contributed by atoms with Gasteiger partial charge in [-0.25, -0.2) is 0 Å². The van der Waals surface area contributed by atoms with Crippen LogP contribution in [0.1, 0.15) is 19.4 Å². The van der Waals surface area contributed by atoms with Crippen LogP contribution in [0.25, 0.3) is 11.4 Å². The van der Waals surface area contributed by atoms with Crippen LogP contribution in [0.5, 0.6) is 0 Å². The standard InChI is InChI=1S/C19H25N5O2S/c1-4-24-18(16-7-5-6-14(2)12-16)20-21-19(24)27-13-17(26)23-10-8-22(9-11-23)15(3)25/h5-7,12H,4,8-11,13H2,1-3H3. The number of aryl methyl sites for hydroxylation is 1. The first-order valence-corrected chi connectivity index (χ1v) is 10.1. The summed E-state index contributed by atoms with van der Waals surface area (Å²) in [5, 5.41) is 9.39. The molecule has 0 radical (unpaired) electrons. The number of rotatable bonds is 5. The van der Waals surface area contributed by atoms with Gasteiger partial charge in [-0.3, -0.25) is 9.59 Å². The van der Waals surface area contributed by atoms with E-state index >= 15 is 0 Å². The van der Waals surface area contributed by atoms with E-state index in [-0.39, 0.29) is 11.8 Å². The molecule has 1 aromatic carbocycles. The first kappa shape index (κ1) is 19.4. The van der Waals surface area contributed by atoms with Gasteiger partial charge in [0, 0.05) is 45.2 Å². The number of nitrogens with zero attached hydrogens (tertiary/aromatic N) is 5. The van der Waals surface area contributed by atoms with Gasteiger partial charge in [0.2, 0.25) is 11.8 Å². The van der Waals surface area contributed by atoms with Crippen molar-refractivity contribution in [2.24, 2.45) is 0 Å². The van der Waals surface area contributed by atoms with Crippen molar-refractivity contribution in [2.45, 2.75) is 32.5 Å². The number of aromatic nitrogens is 3. The molecule has 8 heteroatoms. The summed E-state index contributed by atoms with van der Waals surface area (Å²) in [7, 11) is 0. The quantitative estimate of drug-likeness (QED) is 0.735. The number of carbonyl (C=O) groups excluding carboxylic acids is 2. The Morgan fingerprint density at radius 1 is 1.11 bits per heavy atom. The molecule has 27 heavy (non-hydrogen) atoms. The lowest BCUT2D eigenvalue weighted by Gasteiger charge is -2.34. The van der Waals surface area contributed by atoms with Gasteiger partial charge >= 0.3 is 0 Å². The minimum atomic E-state index is 0.0659. The van der Waals surface area contributed by atoms with Gasteiger partial charge in [0.15, 0.2) is 11.0 Å². The monoisotopic (exact) mass is 387 g/mol. The average Bonchev–Trinajstić information content (AvgIpc) is 3.09. The highest BCUT2D eigenvalue weighted by Crippen LogP contribution is 2.24. The van der Waals surface area contributed by atoms with Crippen LogP contribution >= 0.6 is 11.8 Å². The zero-order valence-corrected chi connectivity index (χ0v) is 16.8. The van der Waals surface area contributed by atoms with Gasteiger partial charge in [0.25, 0.3) is 0 Å². The summed E-state index contributed by atoms with van der Waals surface area (Å²) in [5.41, 5.74) is 2.20. The molecular formula is C19H25N5O2S. The van der Waals surface area contributed by atoms with Crippen LogP contribution in [0.3, 0.4) is 0 Å². The molecule has 2 heterocycles. The first-order chi connectivity index (χ1) is 13.0. The van der Waals surface area contributed by atoms with Gasteiger partial charge in [-0.05, 0) is 19.9 Å². The lowest BCUT2D eigenvalue weighted by Crippen LogP contribution is -2.50. The van der Waals surface area contributed by atoms with Crippen molar-refractivity contribution >= 4 is 23.6 Å². The molecule has 1 saturated heterocycles. The second kappa shape index (κ2) is 8.56. The Kier molecular flexibility index (Phi) is 6.15. The Bertz CT molecular complexity index is 827. The van der Waals surface area contributed by atoms with E-state index in [9.17, 15) is 9.59 Å². The zero-order chi connectivity index (χ0) is 19.4. The summed E-state index contributed by atoms with van der Waals surface area (Å²) in [6.45, 7) is 8.80. The molecule has 2 aromatic rings. The number of thioether (sulfide) groups is 1. The summed E-state index contributed by atoms with van der Waals surface area (Å²) < 4.78 is 2.04. The van der Waals surface area contributed by atoms with Crippen LogP contribution in [0.2, 0.25) is 0 Å². The van der Waals surface area contributed by atoms with Gasteiger partial charge in [0.05, 0.1) is 5.75 Å². The second-order valence-electron chi connectivity index (χ2n) is 6.60. The molecular weight excluding hydrogens is 362 g/mol. The maximum atomic E-state index is 12.5. The fraction of sp³-hybridized carbons (Fsp3) is 0.474. The Morgan fingerprint density at radius 2 is 1.81 bits per heavy atom. The first-order valence-electron chi connectivity index (χ1n) is 9.16. The highest BCUT2D eigenvalue weighted by atomic mass is 32.2. The third-order valence-corrected chi connectivity index (χ3v) is 5.66. The number of piperazine rings is 1. The fourth-order valence-electron chi connectivity index (χ4n) is 3.17. The molecule has 0 bridgehead atoms. The molecule has 1 fully saturated rings. The Morgan fingerprint density at radius 3 is 2.44 bits per heavy atom. The van der Waals surface area contributed by atoms with E-state index in [1.807, 2.05) is 21.6 Å². The van der Waals surface area contributed by atoms with Crippen molar-refractivity contribution in [1.82, 2.24) is 24.6 Å². The summed E-state index contributed by atoms with van der Waals surface area (Å²) in [4.78, 5) is 27.5. The Labute approximate surface area is 163 Å².